The van der Waals surface area contributed by atoms with Crippen molar-refractivity contribution in [2.45, 2.75) is 38.5 Å². The van der Waals surface area contributed by atoms with Crippen molar-refractivity contribution in [3.8, 4) is 0 Å². The molecule has 0 saturated carbocycles. The minimum absolute atomic E-state index is 0.521. The molecule has 0 radical (unpaired) electrons. The third kappa shape index (κ3) is 4.53. The Morgan fingerprint density at radius 2 is 1.40 bits per heavy atom. The van der Waals surface area contributed by atoms with E-state index in [1.165, 1.54) is 64.7 Å². The first-order chi connectivity index (χ1) is 14.8. The predicted molar refractivity (Wildman–Crippen MR) is 123 cm³/mol. The number of halogens is 1. The van der Waals surface area contributed by atoms with Crippen LogP contribution in [0.25, 0.3) is 0 Å². The zero-order chi connectivity index (χ0) is 20.3. The van der Waals surface area contributed by atoms with Crippen LogP contribution < -0.4 is 4.90 Å². The van der Waals surface area contributed by atoms with Gasteiger partial charge in [0.1, 0.15) is 0 Å². The van der Waals surface area contributed by atoms with Crippen molar-refractivity contribution < 1.29 is 0 Å². The fourth-order valence-electron chi connectivity index (χ4n) is 6.36. The molecule has 30 heavy (non-hydrogen) atoms. The first-order valence-corrected chi connectivity index (χ1v) is 12.5. The Kier molecular flexibility index (Phi) is 6.59. The lowest BCUT2D eigenvalue weighted by Gasteiger charge is -2.37. The van der Waals surface area contributed by atoms with Crippen molar-refractivity contribution in [3.63, 3.8) is 0 Å². The third-order valence-corrected chi connectivity index (χ3v) is 8.29. The summed E-state index contributed by atoms with van der Waals surface area (Å²) in [5.41, 5.74) is 0. The van der Waals surface area contributed by atoms with Crippen molar-refractivity contribution in [1.29, 1.82) is 0 Å². The molecule has 1 aromatic heterocycles. The van der Waals surface area contributed by atoms with Gasteiger partial charge in [0.05, 0.1) is 0 Å². The van der Waals surface area contributed by atoms with Crippen LogP contribution in [0, 0.1) is 23.7 Å². The highest BCUT2D eigenvalue weighted by atomic mass is 35.5. The summed E-state index contributed by atoms with van der Waals surface area (Å²) in [6, 6.07) is 0. The monoisotopic (exact) mass is 429 g/mol. The summed E-state index contributed by atoms with van der Waals surface area (Å²) >= 11 is 6.21. The second-order valence-electron chi connectivity index (χ2n) is 9.79. The zero-order valence-electron chi connectivity index (χ0n) is 18.1. The van der Waals surface area contributed by atoms with Gasteiger partial charge in [0, 0.05) is 51.7 Å². The summed E-state index contributed by atoms with van der Waals surface area (Å²) in [5.74, 6) is 4.47. The van der Waals surface area contributed by atoms with Crippen LogP contribution in [0.1, 0.15) is 38.5 Å². The molecule has 0 spiro atoms. The van der Waals surface area contributed by atoms with Crippen LogP contribution in [0.15, 0.2) is 24.5 Å². The number of rotatable bonds is 6. The van der Waals surface area contributed by atoms with E-state index < -0.39 is 0 Å². The second kappa shape index (κ2) is 9.54. The van der Waals surface area contributed by atoms with Gasteiger partial charge < -0.3 is 9.80 Å². The van der Waals surface area contributed by atoms with E-state index in [0.29, 0.717) is 5.15 Å². The molecule has 2 aliphatic carbocycles. The molecule has 6 heteroatoms. The second-order valence-corrected chi connectivity index (χ2v) is 10.1. The number of anilines is 1. The van der Waals surface area contributed by atoms with E-state index >= 15 is 0 Å². The maximum atomic E-state index is 6.21. The Morgan fingerprint density at radius 1 is 0.800 bits per heavy atom. The smallest absolute Gasteiger partial charge is 0.171 e. The normalized spacial score (nSPS) is 32.2. The Balaban J connectivity index is 1.02. The molecule has 2 fully saturated rings. The first-order valence-electron chi connectivity index (χ1n) is 12.1. The number of aromatic nitrogens is 2. The molecule has 164 valence electrons. The SMILES string of the molecule is Clc1nccnc1N1CCN(CCCCN2CC3C4C=CC(CCCC4)C3C2)CC1. The van der Waals surface area contributed by atoms with Gasteiger partial charge in [0.25, 0.3) is 0 Å². The molecule has 0 aromatic carbocycles. The Morgan fingerprint density at radius 3 is 2.03 bits per heavy atom. The highest BCUT2D eigenvalue weighted by molar-refractivity contribution is 6.31. The molecule has 5 nitrogen and oxygen atoms in total. The third-order valence-electron chi connectivity index (χ3n) is 8.02. The first kappa shape index (κ1) is 20.7. The molecule has 3 heterocycles. The number of fused-ring (bicyclic) bond motifs is 5. The molecule has 4 unspecified atom stereocenters. The number of piperazine rings is 1. The van der Waals surface area contributed by atoms with E-state index in [1.807, 2.05) is 0 Å². The van der Waals surface area contributed by atoms with Gasteiger partial charge in [0.2, 0.25) is 0 Å². The molecule has 5 rings (SSSR count). The van der Waals surface area contributed by atoms with Crippen molar-refractivity contribution in [3.05, 3.63) is 29.7 Å². The quantitative estimate of drug-likeness (QED) is 0.505. The fourth-order valence-corrected chi connectivity index (χ4v) is 6.59. The van der Waals surface area contributed by atoms with Gasteiger partial charge in [-0.1, -0.05) is 36.6 Å². The van der Waals surface area contributed by atoms with Crippen LogP contribution in [0.3, 0.4) is 0 Å². The van der Waals surface area contributed by atoms with E-state index in [0.717, 1.165) is 55.7 Å². The summed E-state index contributed by atoms with van der Waals surface area (Å²) in [6.07, 6.45) is 17.0. The summed E-state index contributed by atoms with van der Waals surface area (Å²) in [6.45, 7) is 9.39. The average Bonchev–Trinajstić information content (AvgIpc) is 3.16. The number of allylic oxidation sites excluding steroid dienone is 2. The van der Waals surface area contributed by atoms with Crippen LogP contribution in [-0.4, -0.2) is 72.1 Å². The molecular weight excluding hydrogens is 394 g/mol. The largest absolute Gasteiger partial charge is 0.351 e. The van der Waals surface area contributed by atoms with E-state index in [9.17, 15) is 0 Å². The molecule has 2 aliphatic heterocycles. The lowest BCUT2D eigenvalue weighted by molar-refractivity contribution is 0.204. The maximum Gasteiger partial charge on any atom is 0.171 e. The van der Waals surface area contributed by atoms with Gasteiger partial charge in [-0.25, -0.2) is 9.97 Å². The van der Waals surface area contributed by atoms with Crippen LogP contribution in [-0.2, 0) is 0 Å². The lowest BCUT2D eigenvalue weighted by atomic mass is 9.67. The van der Waals surface area contributed by atoms with Crippen LogP contribution in [0.2, 0.25) is 5.15 Å². The van der Waals surface area contributed by atoms with Crippen LogP contribution >= 0.6 is 11.6 Å². The summed E-state index contributed by atoms with van der Waals surface area (Å²) in [7, 11) is 0. The number of nitrogens with zero attached hydrogens (tertiary/aromatic N) is 5. The minimum atomic E-state index is 0.521. The summed E-state index contributed by atoms with van der Waals surface area (Å²) in [4.78, 5) is 16.2. The summed E-state index contributed by atoms with van der Waals surface area (Å²) < 4.78 is 0. The average molecular weight is 430 g/mol. The maximum absolute atomic E-state index is 6.21. The van der Waals surface area contributed by atoms with E-state index in [4.69, 9.17) is 11.6 Å². The molecular formula is C24H36ClN5. The Bertz CT molecular complexity index is 708. The molecule has 2 bridgehead atoms. The van der Waals surface area contributed by atoms with Gasteiger partial charge in [-0.2, -0.15) is 0 Å². The van der Waals surface area contributed by atoms with Gasteiger partial charge in [0.15, 0.2) is 11.0 Å². The number of likely N-dealkylation sites (tertiary alicyclic amines) is 1. The van der Waals surface area contributed by atoms with Gasteiger partial charge in [-0.3, -0.25) is 4.90 Å². The summed E-state index contributed by atoms with van der Waals surface area (Å²) in [5, 5.41) is 0.521. The molecule has 0 N–H and O–H groups in total. The van der Waals surface area contributed by atoms with Crippen molar-refractivity contribution in [2.75, 3.05) is 57.3 Å². The molecule has 4 atom stereocenters. The Labute approximate surface area is 186 Å². The molecule has 0 amide bonds. The topological polar surface area (TPSA) is 35.5 Å². The van der Waals surface area contributed by atoms with E-state index in [-0.39, 0.29) is 0 Å². The fraction of sp³-hybridized carbons (Fsp3) is 0.750. The van der Waals surface area contributed by atoms with Crippen LogP contribution in [0.4, 0.5) is 5.82 Å². The van der Waals surface area contributed by atoms with Crippen molar-refractivity contribution in [2.24, 2.45) is 23.7 Å². The predicted octanol–water partition coefficient (Wildman–Crippen LogP) is 3.96. The highest BCUT2D eigenvalue weighted by Crippen LogP contribution is 2.45. The van der Waals surface area contributed by atoms with Crippen molar-refractivity contribution in [1.82, 2.24) is 19.8 Å². The van der Waals surface area contributed by atoms with Crippen molar-refractivity contribution >= 4 is 17.4 Å². The minimum Gasteiger partial charge on any atom is -0.351 e. The Hall–Kier alpha value is -1.17. The molecule has 4 aliphatic rings. The van der Waals surface area contributed by atoms with Gasteiger partial charge in [-0.05, 0) is 62.4 Å². The highest BCUT2D eigenvalue weighted by Gasteiger charge is 2.42. The van der Waals surface area contributed by atoms with Crippen LogP contribution in [0.5, 0.6) is 0 Å². The zero-order valence-corrected chi connectivity index (χ0v) is 18.9. The van der Waals surface area contributed by atoms with E-state index in [2.05, 4.69) is 36.8 Å². The number of unbranched alkanes of at least 4 members (excludes halogenated alkanes) is 1. The molecule has 1 aromatic rings. The number of hydrogen-bond acceptors (Lipinski definition) is 5. The molecule has 2 saturated heterocycles. The van der Waals surface area contributed by atoms with Gasteiger partial charge >= 0.3 is 0 Å². The number of hydrogen-bond donors (Lipinski definition) is 0. The lowest BCUT2D eigenvalue weighted by Crippen LogP contribution is -2.47. The van der Waals surface area contributed by atoms with Gasteiger partial charge in [-0.15, -0.1) is 0 Å². The standard InChI is InChI=1S/C24H36ClN5/c25-23-24(27-10-9-26-23)30-15-13-28(14-16-30)11-3-4-12-29-17-21-19-5-1-2-6-20(8-7-19)22(21)18-29/h7-10,19-22H,1-6,11-18H2. The van der Waals surface area contributed by atoms with E-state index in [1.54, 1.807) is 12.4 Å².